The van der Waals surface area contributed by atoms with E-state index < -0.39 is 35.3 Å². The molecule has 14 heteroatoms. The number of amides is 3. The van der Waals surface area contributed by atoms with Gasteiger partial charge in [-0.05, 0) is 47.5 Å². The van der Waals surface area contributed by atoms with Crippen LogP contribution >= 0.6 is 11.6 Å². The van der Waals surface area contributed by atoms with Gasteiger partial charge < -0.3 is 21.1 Å². The molecule has 0 unspecified atom stereocenters. The van der Waals surface area contributed by atoms with E-state index in [1.165, 1.54) is 42.6 Å². The molecule has 0 bridgehead atoms. The zero-order valence-corrected chi connectivity index (χ0v) is 23.2. The lowest BCUT2D eigenvalue weighted by Gasteiger charge is -2.11. The quantitative estimate of drug-likeness (QED) is 0.190. The van der Waals surface area contributed by atoms with Crippen molar-refractivity contribution >= 4 is 46.6 Å². The van der Waals surface area contributed by atoms with Crippen LogP contribution in [0.15, 0.2) is 79.0 Å². The summed E-state index contributed by atoms with van der Waals surface area (Å²) in [6.07, 6.45) is 1.18. The van der Waals surface area contributed by atoms with Crippen LogP contribution in [0, 0.1) is 11.6 Å². The van der Waals surface area contributed by atoms with Crippen molar-refractivity contribution < 1.29 is 33.1 Å². The maximum atomic E-state index is 13.6. The van der Waals surface area contributed by atoms with Crippen molar-refractivity contribution in [1.29, 1.82) is 0 Å². The van der Waals surface area contributed by atoms with E-state index in [0.29, 0.717) is 11.3 Å². The summed E-state index contributed by atoms with van der Waals surface area (Å²) >= 11 is 6.16. The smallest absolute Gasteiger partial charge is 0.335 e. The van der Waals surface area contributed by atoms with E-state index >= 15 is 0 Å². The minimum atomic E-state index is -1.09. The van der Waals surface area contributed by atoms with Crippen LogP contribution in [-0.2, 0) is 13.1 Å². The first-order chi connectivity index (χ1) is 21.1. The fourth-order valence-electron chi connectivity index (χ4n) is 4.11. The monoisotopic (exact) mass is 618 g/mol. The van der Waals surface area contributed by atoms with Crippen molar-refractivity contribution in [2.75, 3.05) is 5.32 Å². The SMILES string of the molecule is O=C(O)c1ccc(CNC(=O)c2cc(C(=O)NCc3ccc(F)c(F)c3)nc3c(C(=O)Nc4ccccc4Cl)cnn23)cc1. The standard InChI is InChI=1S/C30H21ClF2N6O5/c31-20-3-1-2-4-23(20)38-27(40)19-15-36-39-25(29(42)35-13-16-5-8-18(9-6-16)30(43)44)12-24(37-26(19)39)28(41)34-14-17-7-10-21(32)22(33)11-17/h1-12,15H,13-14H2,(H,34,41)(H,35,42)(H,38,40)(H,43,44). The van der Waals surface area contributed by atoms with E-state index in [-0.39, 0.29) is 51.8 Å². The van der Waals surface area contributed by atoms with Gasteiger partial charge in [0.2, 0.25) is 0 Å². The average molecular weight is 619 g/mol. The van der Waals surface area contributed by atoms with Gasteiger partial charge in [-0.3, -0.25) is 14.4 Å². The van der Waals surface area contributed by atoms with Gasteiger partial charge in [-0.2, -0.15) is 5.10 Å². The normalized spacial score (nSPS) is 10.8. The first-order valence-corrected chi connectivity index (χ1v) is 13.3. The first-order valence-electron chi connectivity index (χ1n) is 12.9. The van der Waals surface area contributed by atoms with Gasteiger partial charge in [-0.15, -0.1) is 0 Å². The molecule has 0 radical (unpaired) electrons. The number of carbonyl (C=O) groups excluding carboxylic acids is 3. The molecular formula is C30H21ClF2N6O5. The zero-order valence-electron chi connectivity index (χ0n) is 22.5. The fraction of sp³-hybridized carbons (Fsp3) is 0.0667. The minimum absolute atomic E-state index is 0.00132. The van der Waals surface area contributed by atoms with Crippen LogP contribution in [-0.4, -0.2) is 43.4 Å². The number of rotatable bonds is 9. The van der Waals surface area contributed by atoms with Gasteiger partial charge >= 0.3 is 5.97 Å². The molecule has 0 saturated carbocycles. The number of hydrogen-bond acceptors (Lipinski definition) is 6. The molecule has 5 aromatic rings. The molecule has 11 nitrogen and oxygen atoms in total. The second-order valence-corrected chi connectivity index (χ2v) is 9.78. The number of anilines is 1. The molecule has 0 fully saturated rings. The second kappa shape index (κ2) is 12.7. The van der Waals surface area contributed by atoms with Crippen molar-refractivity contribution in [2.45, 2.75) is 13.1 Å². The largest absolute Gasteiger partial charge is 0.478 e. The molecule has 44 heavy (non-hydrogen) atoms. The van der Waals surface area contributed by atoms with Gasteiger partial charge in [-0.25, -0.2) is 23.1 Å². The highest BCUT2D eigenvalue weighted by Crippen LogP contribution is 2.22. The van der Waals surface area contributed by atoms with Gasteiger partial charge in [0.15, 0.2) is 17.3 Å². The molecular weight excluding hydrogens is 598 g/mol. The maximum absolute atomic E-state index is 13.6. The Morgan fingerprint density at radius 3 is 2.20 bits per heavy atom. The molecule has 0 aliphatic heterocycles. The third-order valence-corrected chi connectivity index (χ3v) is 6.72. The van der Waals surface area contributed by atoms with Crippen molar-refractivity contribution in [2.24, 2.45) is 0 Å². The number of para-hydroxylation sites is 1. The van der Waals surface area contributed by atoms with E-state index in [0.717, 1.165) is 16.6 Å². The Hall–Kier alpha value is -5.69. The van der Waals surface area contributed by atoms with E-state index in [2.05, 4.69) is 26.0 Å². The summed E-state index contributed by atoms with van der Waals surface area (Å²) in [6, 6.07) is 16.7. The van der Waals surface area contributed by atoms with Crippen LogP contribution in [0.25, 0.3) is 5.65 Å². The number of hydrogen-bond donors (Lipinski definition) is 4. The number of nitrogens with one attached hydrogen (secondary N) is 3. The number of nitrogens with zero attached hydrogens (tertiary/aromatic N) is 3. The van der Waals surface area contributed by atoms with Crippen LogP contribution in [0.1, 0.15) is 52.8 Å². The highest BCUT2D eigenvalue weighted by atomic mass is 35.5. The fourth-order valence-corrected chi connectivity index (χ4v) is 4.30. The van der Waals surface area contributed by atoms with E-state index in [1.54, 1.807) is 24.3 Å². The van der Waals surface area contributed by atoms with E-state index in [1.807, 2.05) is 0 Å². The number of halogens is 3. The lowest BCUT2D eigenvalue weighted by Crippen LogP contribution is -2.28. The summed E-state index contributed by atoms with van der Waals surface area (Å²) in [4.78, 5) is 55.0. The second-order valence-electron chi connectivity index (χ2n) is 9.37. The van der Waals surface area contributed by atoms with Gasteiger partial charge in [0, 0.05) is 19.2 Å². The summed E-state index contributed by atoms with van der Waals surface area (Å²) in [5.41, 5.74) is 0.660. The van der Waals surface area contributed by atoms with Crippen LogP contribution in [0.3, 0.4) is 0 Å². The highest BCUT2D eigenvalue weighted by molar-refractivity contribution is 6.34. The number of benzene rings is 3. The Morgan fingerprint density at radius 1 is 0.818 bits per heavy atom. The molecule has 0 spiro atoms. The molecule has 0 atom stereocenters. The summed E-state index contributed by atoms with van der Waals surface area (Å²) in [7, 11) is 0. The van der Waals surface area contributed by atoms with Crippen molar-refractivity contribution in [3.05, 3.63) is 129 Å². The maximum Gasteiger partial charge on any atom is 0.335 e. The van der Waals surface area contributed by atoms with E-state index in [4.69, 9.17) is 16.7 Å². The number of aromatic carboxylic acids is 1. The molecule has 0 aliphatic rings. The molecule has 3 amide bonds. The summed E-state index contributed by atoms with van der Waals surface area (Å²) in [5.74, 6) is -5.33. The Kier molecular flexibility index (Phi) is 8.58. The minimum Gasteiger partial charge on any atom is -0.478 e. The molecule has 4 N–H and O–H groups in total. The predicted octanol–water partition coefficient (Wildman–Crippen LogP) is 4.47. The number of fused-ring (bicyclic) bond motifs is 1. The molecule has 2 heterocycles. The Labute approximate surface area is 252 Å². The van der Waals surface area contributed by atoms with Crippen LogP contribution < -0.4 is 16.0 Å². The van der Waals surface area contributed by atoms with Gasteiger partial charge in [0.05, 0.1) is 22.5 Å². The lowest BCUT2D eigenvalue weighted by atomic mass is 10.1. The molecule has 2 aromatic heterocycles. The summed E-state index contributed by atoms with van der Waals surface area (Å²) in [5, 5.41) is 21.4. The zero-order chi connectivity index (χ0) is 31.4. The van der Waals surface area contributed by atoms with Crippen molar-refractivity contribution in [3.8, 4) is 0 Å². The Morgan fingerprint density at radius 2 is 1.50 bits per heavy atom. The first kappa shape index (κ1) is 29.8. The molecule has 3 aromatic carbocycles. The topological polar surface area (TPSA) is 155 Å². The van der Waals surface area contributed by atoms with Crippen molar-refractivity contribution in [1.82, 2.24) is 25.2 Å². The van der Waals surface area contributed by atoms with E-state index in [9.17, 15) is 28.0 Å². The van der Waals surface area contributed by atoms with Gasteiger partial charge in [0.25, 0.3) is 17.7 Å². The van der Waals surface area contributed by atoms with Gasteiger partial charge in [0.1, 0.15) is 17.0 Å². The van der Waals surface area contributed by atoms with Crippen LogP contribution in [0.4, 0.5) is 14.5 Å². The lowest BCUT2D eigenvalue weighted by molar-refractivity contribution is 0.0696. The summed E-state index contributed by atoms with van der Waals surface area (Å²) < 4.78 is 28.0. The Bertz CT molecular complexity index is 1930. The molecule has 0 saturated heterocycles. The highest BCUT2D eigenvalue weighted by Gasteiger charge is 2.23. The molecule has 5 rings (SSSR count). The average Bonchev–Trinajstić information content (AvgIpc) is 3.45. The molecule has 0 aliphatic carbocycles. The third-order valence-electron chi connectivity index (χ3n) is 6.39. The number of carboxylic acids is 1. The Balaban J connectivity index is 1.45. The summed E-state index contributed by atoms with van der Waals surface area (Å²) in [6.45, 7) is -0.183. The number of aromatic nitrogens is 3. The van der Waals surface area contributed by atoms with Crippen LogP contribution in [0.2, 0.25) is 5.02 Å². The van der Waals surface area contributed by atoms with Crippen LogP contribution in [0.5, 0.6) is 0 Å². The number of carbonyl (C=O) groups is 4. The molecule has 222 valence electrons. The van der Waals surface area contributed by atoms with Gasteiger partial charge in [-0.1, -0.05) is 41.9 Å². The number of carboxylic acid groups (broad SMARTS) is 1. The van der Waals surface area contributed by atoms with Crippen molar-refractivity contribution in [3.63, 3.8) is 0 Å². The predicted molar refractivity (Wildman–Crippen MR) is 154 cm³/mol. The third kappa shape index (κ3) is 6.52.